The maximum absolute atomic E-state index is 11.9. The molecule has 0 aliphatic rings. The molecule has 0 fully saturated rings. The minimum Gasteiger partial charge on any atom is -0.396 e. The Morgan fingerprint density at radius 3 is 2.89 bits per heavy atom. The number of nitrogens with two attached hydrogens (primary N) is 1. The molecule has 0 spiro atoms. The van der Waals surface area contributed by atoms with Crippen molar-refractivity contribution >= 4 is 23.2 Å². The molecule has 0 radical (unpaired) electrons. The van der Waals surface area contributed by atoms with E-state index in [-0.39, 0.29) is 5.91 Å². The molecule has 0 atom stereocenters. The van der Waals surface area contributed by atoms with Gasteiger partial charge in [0.25, 0.3) is 5.91 Å². The number of carbonyl (C=O) groups is 1. The molecule has 0 aliphatic heterocycles. The van der Waals surface area contributed by atoms with E-state index in [1.54, 1.807) is 29.2 Å². The van der Waals surface area contributed by atoms with Crippen LogP contribution in [0.15, 0.2) is 30.6 Å². The third-order valence-corrected chi connectivity index (χ3v) is 2.80. The molecule has 2 rings (SSSR count). The van der Waals surface area contributed by atoms with Gasteiger partial charge in [-0.2, -0.15) is 5.10 Å². The second-order valence-electron chi connectivity index (χ2n) is 4.31. The van der Waals surface area contributed by atoms with Crippen molar-refractivity contribution in [3.8, 4) is 0 Å². The van der Waals surface area contributed by atoms with Crippen molar-refractivity contribution < 1.29 is 4.79 Å². The Bertz CT molecular complexity index is 574. The Labute approximate surface area is 116 Å². The van der Waals surface area contributed by atoms with E-state index in [0.29, 0.717) is 29.4 Å². The van der Waals surface area contributed by atoms with Gasteiger partial charge in [-0.05, 0) is 30.7 Å². The zero-order chi connectivity index (χ0) is 13.8. The van der Waals surface area contributed by atoms with Gasteiger partial charge in [0.2, 0.25) is 0 Å². The monoisotopic (exact) mass is 278 g/mol. The van der Waals surface area contributed by atoms with Crippen molar-refractivity contribution in [3.63, 3.8) is 0 Å². The molecule has 0 unspecified atom stereocenters. The van der Waals surface area contributed by atoms with Crippen LogP contribution >= 0.6 is 11.6 Å². The first-order valence-electron chi connectivity index (χ1n) is 5.88. The second-order valence-corrected chi connectivity index (χ2v) is 4.75. The van der Waals surface area contributed by atoms with E-state index < -0.39 is 0 Å². The molecule has 19 heavy (non-hydrogen) atoms. The largest absolute Gasteiger partial charge is 0.396 e. The molecular formula is C13H15ClN4O. The smallest absolute Gasteiger partial charge is 0.251 e. The van der Waals surface area contributed by atoms with Gasteiger partial charge in [0.15, 0.2) is 0 Å². The van der Waals surface area contributed by atoms with E-state index in [1.807, 2.05) is 13.0 Å². The quantitative estimate of drug-likeness (QED) is 0.896. The average Bonchev–Trinajstić information content (AvgIpc) is 2.73. The van der Waals surface area contributed by atoms with Crippen LogP contribution in [-0.2, 0) is 6.54 Å². The highest BCUT2D eigenvalue weighted by molar-refractivity contribution is 6.31. The van der Waals surface area contributed by atoms with Gasteiger partial charge in [-0.1, -0.05) is 11.6 Å². The van der Waals surface area contributed by atoms with Crippen LogP contribution in [0.25, 0.3) is 0 Å². The van der Waals surface area contributed by atoms with Gasteiger partial charge < -0.3 is 11.1 Å². The summed E-state index contributed by atoms with van der Waals surface area (Å²) in [5.74, 6) is -0.147. The van der Waals surface area contributed by atoms with E-state index in [2.05, 4.69) is 10.4 Å². The summed E-state index contributed by atoms with van der Waals surface area (Å²) >= 11 is 5.92. The lowest BCUT2D eigenvalue weighted by Gasteiger charge is -2.06. The molecule has 1 amide bonds. The third-order valence-electron chi connectivity index (χ3n) is 2.58. The van der Waals surface area contributed by atoms with Crippen LogP contribution in [0.5, 0.6) is 0 Å². The summed E-state index contributed by atoms with van der Waals surface area (Å²) in [6.45, 7) is 2.95. The van der Waals surface area contributed by atoms with Crippen LogP contribution < -0.4 is 11.1 Å². The molecule has 2 aromatic rings. The van der Waals surface area contributed by atoms with Gasteiger partial charge in [0.1, 0.15) is 0 Å². The van der Waals surface area contributed by atoms with E-state index in [9.17, 15) is 4.79 Å². The lowest BCUT2D eigenvalue weighted by Crippen LogP contribution is -2.27. The second kappa shape index (κ2) is 5.75. The fourth-order valence-corrected chi connectivity index (χ4v) is 2.04. The van der Waals surface area contributed by atoms with E-state index >= 15 is 0 Å². The zero-order valence-electron chi connectivity index (χ0n) is 10.6. The van der Waals surface area contributed by atoms with Gasteiger partial charge >= 0.3 is 0 Å². The summed E-state index contributed by atoms with van der Waals surface area (Å²) in [6.07, 6.45) is 3.29. The number of aryl methyl sites for hydroxylation is 1. The first-order valence-corrected chi connectivity index (χ1v) is 6.26. The predicted octanol–water partition coefficient (Wildman–Crippen LogP) is 1.86. The third kappa shape index (κ3) is 3.72. The Kier molecular flexibility index (Phi) is 4.06. The summed E-state index contributed by atoms with van der Waals surface area (Å²) in [4.78, 5) is 11.9. The number of benzene rings is 1. The molecule has 0 saturated carbocycles. The average molecular weight is 279 g/mol. The number of halogens is 1. The SMILES string of the molecule is Cc1cc(Cl)cc(C(=O)NCCn2cc(N)cn2)c1. The summed E-state index contributed by atoms with van der Waals surface area (Å²) in [6, 6.07) is 5.26. The molecule has 0 saturated heterocycles. The number of aromatic nitrogens is 2. The van der Waals surface area contributed by atoms with Gasteiger partial charge in [-0.25, -0.2) is 0 Å². The molecule has 100 valence electrons. The fraction of sp³-hybridized carbons (Fsp3) is 0.231. The molecule has 1 aromatic heterocycles. The van der Waals surface area contributed by atoms with Crippen LogP contribution in [-0.4, -0.2) is 22.2 Å². The number of anilines is 1. The Morgan fingerprint density at radius 1 is 1.47 bits per heavy atom. The number of hydrogen-bond donors (Lipinski definition) is 2. The maximum atomic E-state index is 11.9. The lowest BCUT2D eigenvalue weighted by molar-refractivity contribution is 0.0952. The highest BCUT2D eigenvalue weighted by atomic mass is 35.5. The number of nitrogens with zero attached hydrogens (tertiary/aromatic N) is 2. The van der Waals surface area contributed by atoms with Crippen molar-refractivity contribution in [2.45, 2.75) is 13.5 Å². The van der Waals surface area contributed by atoms with E-state index in [1.165, 1.54) is 0 Å². The Hall–Kier alpha value is -2.01. The molecular weight excluding hydrogens is 264 g/mol. The topological polar surface area (TPSA) is 72.9 Å². The number of rotatable bonds is 4. The highest BCUT2D eigenvalue weighted by Crippen LogP contribution is 2.14. The fourth-order valence-electron chi connectivity index (χ4n) is 1.76. The van der Waals surface area contributed by atoms with Gasteiger partial charge in [-0.15, -0.1) is 0 Å². The maximum Gasteiger partial charge on any atom is 0.251 e. The van der Waals surface area contributed by atoms with Crippen molar-refractivity contribution in [1.82, 2.24) is 15.1 Å². The number of nitrogen functional groups attached to an aromatic ring is 1. The number of nitrogens with one attached hydrogen (secondary N) is 1. The standard InChI is InChI=1S/C13H15ClN4O/c1-9-4-10(6-11(14)5-9)13(19)16-2-3-18-8-12(15)7-17-18/h4-8H,2-3,15H2,1H3,(H,16,19). The minimum absolute atomic E-state index is 0.147. The summed E-state index contributed by atoms with van der Waals surface area (Å²) in [5, 5.41) is 7.40. The molecule has 1 heterocycles. The van der Waals surface area contributed by atoms with E-state index in [0.717, 1.165) is 5.56 Å². The van der Waals surface area contributed by atoms with E-state index in [4.69, 9.17) is 17.3 Å². The summed E-state index contributed by atoms with van der Waals surface area (Å²) in [7, 11) is 0. The number of amides is 1. The van der Waals surface area contributed by atoms with Crippen LogP contribution in [0.1, 0.15) is 15.9 Å². The van der Waals surface area contributed by atoms with Gasteiger partial charge in [-0.3, -0.25) is 9.48 Å². The lowest BCUT2D eigenvalue weighted by atomic mass is 10.1. The zero-order valence-corrected chi connectivity index (χ0v) is 11.3. The summed E-state index contributed by atoms with van der Waals surface area (Å²) in [5.41, 5.74) is 7.67. The van der Waals surface area contributed by atoms with Crippen molar-refractivity contribution in [1.29, 1.82) is 0 Å². The Balaban J connectivity index is 1.90. The van der Waals surface area contributed by atoms with Crippen molar-refractivity contribution in [3.05, 3.63) is 46.7 Å². The van der Waals surface area contributed by atoms with Gasteiger partial charge in [0.05, 0.1) is 18.4 Å². The van der Waals surface area contributed by atoms with Crippen molar-refractivity contribution in [2.75, 3.05) is 12.3 Å². The van der Waals surface area contributed by atoms with Crippen LogP contribution in [0.2, 0.25) is 5.02 Å². The molecule has 0 bridgehead atoms. The summed E-state index contributed by atoms with van der Waals surface area (Å²) < 4.78 is 1.68. The Morgan fingerprint density at radius 2 is 2.26 bits per heavy atom. The molecule has 0 aliphatic carbocycles. The van der Waals surface area contributed by atoms with Crippen molar-refractivity contribution in [2.24, 2.45) is 0 Å². The first-order chi connectivity index (χ1) is 9.04. The van der Waals surface area contributed by atoms with Crippen LogP contribution in [0.3, 0.4) is 0 Å². The molecule has 1 aromatic carbocycles. The van der Waals surface area contributed by atoms with Crippen LogP contribution in [0.4, 0.5) is 5.69 Å². The predicted molar refractivity (Wildman–Crippen MR) is 75.2 cm³/mol. The number of carbonyl (C=O) groups excluding carboxylic acids is 1. The molecule has 6 heteroatoms. The molecule has 3 N–H and O–H groups in total. The minimum atomic E-state index is -0.147. The normalized spacial score (nSPS) is 10.4. The van der Waals surface area contributed by atoms with Crippen LogP contribution in [0, 0.1) is 6.92 Å². The van der Waals surface area contributed by atoms with Gasteiger partial charge in [0, 0.05) is 23.3 Å². The number of hydrogen-bond acceptors (Lipinski definition) is 3. The highest BCUT2D eigenvalue weighted by Gasteiger charge is 2.06. The first kappa shape index (κ1) is 13.4. The molecule has 5 nitrogen and oxygen atoms in total.